The lowest BCUT2D eigenvalue weighted by Crippen LogP contribution is -2.09. The zero-order valence-corrected chi connectivity index (χ0v) is 13.0. The molecule has 0 aromatic heterocycles. The first-order valence-electron chi connectivity index (χ1n) is 7.45. The lowest BCUT2D eigenvalue weighted by Gasteiger charge is -2.04. The number of nitro groups is 1. The Morgan fingerprint density at radius 2 is 1.84 bits per heavy atom. The zero-order chi connectivity index (χ0) is 17.8. The van der Waals surface area contributed by atoms with Crippen molar-refractivity contribution >= 4 is 34.1 Å². The summed E-state index contributed by atoms with van der Waals surface area (Å²) in [4.78, 5) is 22.1. The smallest absolute Gasteiger partial charge is 0.271 e. The molecule has 6 heteroatoms. The van der Waals surface area contributed by atoms with Gasteiger partial charge in [0, 0.05) is 18.2 Å². The van der Waals surface area contributed by atoms with Gasteiger partial charge in [-0.3, -0.25) is 14.9 Å². The molecule has 124 valence electrons. The van der Waals surface area contributed by atoms with Crippen molar-refractivity contribution in [2.75, 3.05) is 5.32 Å². The fraction of sp³-hybridized carbons (Fsp3) is 0. The maximum atomic E-state index is 13.7. The number of non-ortho nitro benzene ring substituents is 1. The van der Waals surface area contributed by atoms with Crippen LogP contribution in [0.2, 0.25) is 0 Å². The summed E-state index contributed by atoms with van der Waals surface area (Å²) in [6.45, 7) is 0. The molecule has 1 amide bonds. The summed E-state index contributed by atoms with van der Waals surface area (Å²) in [5.41, 5.74) is 0.310. The summed E-state index contributed by atoms with van der Waals surface area (Å²) < 4.78 is 13.7. The Morgan fingerprint density at radius 1 is 1.08 bits per heavy atom. The van der Waals surface area contributed by atoms with Crippen LogP contribution < -0.4 is 5.32 Å². The predicted octanol–water partition coefficient (Wildman–Crippen LogP) is 4.54. The molecule has 0 heterocycles. The molecule has 3 aromatic carbocycles. The Kier molecular flexibility index (Phi) is 4.52. The van der Waals surface area contributed by atoms with E-state index >= 15 is 0 Å². The van der Waals surface area contributed by atoms with Gasteiger partial charge in [0.15, 0.2) is 0 Å². The normalized spacial score (nSPS) is 10.9. The molecule has 0 aliphatic carbocycles. The number of rotatable bonds is 4. The van der Waals surface area contributed by atoms with E-state index in [1.807, 2.05) is 42.5 Å². The van der Waals surface area contributed by atoms with Crippen molar-refractivity contribution in [3.05, 3.63) is 88.2 Å². The van der Waals surface area contributed by atoms with E-state index in [1.165, 1.54) is 6.08 Å². The van der Waals surface area contributed by atoms with Crippen LogP contribution in [0.25, 0.3) is 16.8 Å². The van der Waals surface area contributed by atoms with Gasteiger partial charge in [-0.05, 0) is 28.5 Å². The van der Waals surface area contributed by atoms with Crippen molar-refractivity contribution in [3.63, 3.8) is 0 Å². The average Bonchev–Trinajstić information content (AvgIpc) is 2.61. The number of hydrogen-bond donors (Lipinski definition) is 1. The summed E-state index contributed by atoms with van der Waals surface area (Å²) in [6.07, 6.45) is 2.88. The molecule has 0 atom stereocenters. The maximum absolute atomic E-state index is 13.7. The van der Waals surface area contributed by atoms with Crippen LogP contribution in [0.5, 0.6) is 0 Å². The molecular formula is C19H13FN2O3. The topological polar surface area (TPSA) is 72.2 Å². The summed E-state index contributed by atoms with van der Waals surface area (Å²) in [6, 6.07) is 16.4. The molecular weight excluding hydrogens is 323 g/mol. The monoisotopic (exact) mass is 336 g/mol. The van der Waals surface area contributed by atoms with E-state index in [-0.39, 0.29) is 11.4 Å². The fourth-order valence-electron chi connectivity index (χ4n) is 2.46. The molecule has 0 aliphatic rings. The molecule has 0 saturated carbocycles. The first-order valence-corrected chi connectivity index (χ1v) is 7.45. The SMILES string of the molecule is O=C(/C=C/c1cccc2ccccc12)Nc1cc([N+](=O)[O-])ccc1F. The Morgan fingerprint density at radius 3 is 2.64 bits per heavy atom. The zero-order valence-electron chi connectivity index (χ0n) is 13.0. The summed E-state index contributed by atoms with van der Waals surface area (Å²) in [5, 5.41) is 15.1. The van der Waals surface area contributed by atoms with Crippen molar-refractivity contribution in [2.45, 2.75) is 0 Å². The first-order chi connectivity index (χ1) is 12.0. The molecule has 3 aromatic rings. The molecule has 0 fully saturated rings. The Bertz CT molecular complexity index is 994. The fourth-order valence-corrected chi connectivity index (χ4v) is 2.46. The highest BCUT2D eigenvalue weighted by Gasteiger charge is 2.12. The van der Waals surface area contributed by atoms with Crippen molar-refractivity contribution in [1.29, 1.82) is 0 Å². The number of nitro benzene ring substituents is 1. The lowest BCUT2D eigenvalue weighted by atomic mass is 10.0. The van der Waals surface area contributed by atoms with E-state index in [4.69, 9.17) is 0 Å². The van der Waals surface area contributed by atoms with Gasteiger partial charge in [0.05, 0.1) is 10.6 Å². The van der Waals surface area contributed by atoms with Gasteiger partial charge in [-0.25, -0.2) is 4.39 Å². The van der Waals surface area contributed by atoms with Crippen LogP contribution in [0.3, 0.4) is 0 Å². The number of carbonyl (C=O) groups is 1. The number of nitrogens with one attached hydrogen (secondary N) is 1. The molecule has 0 radical (unpaired) electrons. The lowest BCUT2D eigenvalue weighted by molar-refractivity contribution is -0.384. The minimum Gasteiger partial charge on any atom is -0.320 e. The number of benzene rings is 3. The Labute approximate surface area is 142 Å². The third kappa shape index (κ3) is 3.69. The van der Waals surface area contributed by atoms with E-state index < -0.39 is 16.6 Å². The highest BCUT2D eigenvalue weighted by Crippen LogP contribution is 2.22. The molecule has 0 saturated heterocycles. The second-order valence-electron chi connectivity index (χ2n) is 5.31. The molecule has 0 spiro atoms. The standard InChI is InChI=1S/C19H13FN2O3/c20-17-10-9-15(22(24)25)12-18(17)21-19(23)11-8-14-6-3-5-13-4-1-2-7-16(13)14/h1-12H,(H,21,23)/b11-8+. The van der Waals surface area contributed by atoms with E-state index in [9.17, 15) is 19.3 Å². The van der Waals surface area contributed by atoms with Gasteiger partial charge in [-0.2, -0.15) is 0 Å². The average molecular weight is 336 g/mol. The largest absolute Gasteiger partial charge is 0.320 e. The highest BCUT2D eigenvalue weighted by atomic mass is 19.1. The second-order valence-corrected chi connectivity index (χ2v) is 5.31. The van der Waals surface area contributed by atoms with Gasteiger partial charge in [0.1, 0.15) is 5.82 Å². The van der Waals surface area contributed by atoms with Gasteiger partial charge in [0.25, 0.3) is 5.69 Å². The van der Waals surface area contributed by atoms with Crippen LogP contribution in [0.4, 0.5) is 15.8 Å². The quantitative estimate of drug-likeness (QED) is 0.432. The number of hydrogen-bond acceptors (Lipinski definition) is 3. The molecule has 5 nitrogen and oxygen atoms in total. The van der Waals surface area contributed by atoms with Crippen molar-refractivity contribution in [2.24, 2.45) is 0 Å². The van der Waals surface area contributed by atoms with Gasteiger partial charge in [-0.1, -0.05) is 42.5 Å². The molecule has 25 heavy (non-hydrogen) atoms. The molecule has 0 unspecified atom stereocenters. The summed E-state index contributed by atoms with van der Waals surface area (Å²) >= 11 is 0. The Hall–Kier alpha value is -3.54. The van der Waals surface area contributed by atoms with Crippen molar-refractivity contribution in [3.8, 4) is 0 Å². The van der Waals surface area contributed by atoms with Crippen LogP contribution in [0, 0.1) is 15.9 Å². The first kappa shape index (κ1) is 16.3. The van der Waals surface area contributed by atoms with E-state index in [2.05, 4.69) is 5.32 Å². The van der Waals surface area contributed by atoms with Gasteiger partial charge < -0.3 is 5.32 Å². The predicted molar refractivity (Wildman–Crippen MR) is 94.7 cm³/mol. The number of carbonyl (C=O) groups excluding carboxylic acids is 1. The highest BCUT2D eigenvalue weighted by molar-refractivity contribution is 6.03. The molecule has 0 aliphatic heterocycles. The molecule has 3 rings (SSSR count). The second kappa shape index (κ2) is 6.92. The van der Waals surface area contributed by atoms with Gasteiger partial charge in [0.2, 0.25) is 5.91 Å². The minimum atomic E-state index is -0.738. The minimum absolute atomic E-state index is 0.234. The third-order valence-corrected chi connectivity index (χ3v) is 3.66. The van der Waals surface area contributed by atoms with Crippen LogP contribution in [0.15, 0.2) is 66.7 Å². The number of anilines is 1. The Balaban J connectivity index is 1.82. The van der Waals surface area contributed by atoms with Crippen LogP contribution in [-0.4, -0.2) is 10.8 Å². The van der Waals surface area contributed by atoms with Crippen LogP contribution in [-0.2, 0) is 4.79 Å². The van der Waals surface area contributed by atoms with E-state index in [0.29, 0.717) is 0 Å². The van der Waals surface area contributed by atoms with Crippen molar-refractivity contribution in [1.82, 2.24) is 0 Å². The summed E-state index contributed by atoms with van der Waals surface area (Å²) in [5.74, 6) is -1.31. The van der Waals surface area contributed by atoms with E-state index in [1.54, 1.807) is 6.08 Å². The number of fused-ring (bicyclic) bond motifs is 1. The van der Waals surface area contributed by atoms with Crippen LogP contribution in [0.1, 0.15) is 5.56 Å². The number of nitrogens with zero attached hydrogens (tertiary/aromatic N) is 1. The summed E-state index contributed by atoms with van der Waals surface area (Å²) in [7, 11) is 0. The number of amides is 1. The van der Waals surface area contributed by atoms with Gasteiger partial charge in [-0.15, -0.1) is 0 Å². The number of halogens is 1. The third-order valence-electron chi connectivity index (χ3n) is 3.66. The van der Waals surface area contributed by atoms with Crippen LogP contribution >= 0.6 is 0 Å². The maximum Gasteiger partial charge on any atom is 0.271 e. The van der Waals surface area contributed by atoms with Crippen molar-refractivity contribution < 1.29 is 14.1 Å². The molecule has 0 bridgehead atoms. The van der Waals surface area contributed by atoms with Gasteiger partial charge >= 0.3 is 0 Å². The van der Waals surface area contributed by atoms with E-state index in [0.717, 1.165) is 34.5 Å². The molecule has 1 N–H and O–H groups in total.